The SMILES string of the molecule is O=C(C=Cc1ccccc1)Nc1nnc(NCCc2cnc[nH]2)s1. The van der Waals surface area contributed by atoms with E-state index in [2.05, 4.69) is 30.8 Å². The van der Waals surface area contributed by atoms with E-state index in [4.69, 9.17) is 0 Å². The van der Waals surface area contributed by atoms with Crippen molar-refractivity contribution in [2.75, 3.05) is 17.2 Å². The second-order valence-electron chi connectivity index (χ2n) is 4.90. The molecule has 0 spiro atoms. The highest BCUT2D eigenvalue weighted by atomic mass is 32.1. The highest BCUT2D eigenvalue weighted by Crippen LogP contribution is 2.19. The molecular weight excluding hydrogens is 324 g/mol. The van der Waals surface area contributed by atoms with Crippen LogP contribution in [0.4, 0.5) is 10.3 Å². The first kappa shape index (κ1) is 15.9. The summed E-state index contributed by atoms with van der Waals surface area (Å²) in [5.74, 6) is -0.237. The second kappa shape index (κ2) is 8.02. The monoisotopic (exact) mass is 340 g/mol. The number of carbonyl (C=O) groups is 1. The molecule has 0 saturated carbocycles. The van der Waals surface area contributed by atoms with Gasteiger partial charge in [0.25, 0.3) is 0 Å². The third-order valence-corrected chi connectivity index (χ3v) is 3.90. The Morgan fingerprint density at radius 3 is 2.83 bits per heavy atom. The number of anilines is 2. The Balaban J connectivity index is 1.46. The average molecular weight is 340 g/mol. The lowest BCUT2D eigenvalue weighted by Gasteiger charge is -1.99. The lowest BCUT2D eigenvalue weighted by Crippen LogP contribution is -2.07. The number of H-pyrrole nitrogens is 1. The normalized spacial score (nSPS) is 10.8. The molecule has 0 unspecified atom stereocenters. The van der Waals surface area contributed by atoms with Crippen molar-refractivity contribution in [3.05, 3.63) is 60.2 Å². The first-order valence-electron chi connectivity index (χ1n) is 7.38. The Hall–Kier alpha value is -3.00. The van der Waals surface area contributed by atoms with Gasteiger partial charge in [-0.1, -0.05) is 41.7 Å². The van der Waals surface area contributed by atoms with Gasteiger partial charge in [-0.15, -0.1) is 10.2 Å². The number of nitrogens with one attached hydrogen (secondary N) is 3. The summed E-state index contributed by atoms with van der Waals surface area (Å²) in [7, 11) is 0. The molecule has 3 rings (SSSR count). The number of hydrogen-bond acceptors (Lipinski definition) is 6. The summed E-state index contributed by atoms with van der Waals surface area (Å²) in [5, 5.41) is 14.9. The quantitative estimate of drug-likeness (QED) is 0.575. The van der Waals surface area contributed by atoms with Gasteiger partial charge in [0.15, 0.2) is 0 Å². The average Bonchev–Trinajstić information content (AvgIpc) is 3.26. The lowest BCUT2D eigenvalue weighted by molar-refractivity contribution is -0.111. The van der Waals surface area contributed by atoms with Gasteiger partial charge in [0.2, 0.25) is 16.2 Å². The summed E-state index contributed by atoms with van der Waals surface area (Å²) < 4.78 is 0. The van der Waals surface area contributed by atoms with Crippen LogP contribution < -0.4 is 10.6 Å². The molecule has 3 N–H and O–H groups in total. The number of aromatic nitrogens is 4. The highest BCUT2D eigenvalue weighted by molar-refractivity contribution is 7.19. The highest BCUT2D eigenvalue weighted by Gasteiger charge is 2.06. The summed E-state index contributed by atoms with van der Waals surface area (Å²) in [6.45, 7) is 0.707. The molecule has 1 aromatic carbocycles. The third kappa shape index (κ3) is 4.75. The maximum Gasteiger partial charge on any atom is 0.250 e. The van der Waals surface area contributed by atoms with Crippen LogP contribution in [0, 0.1) is 0 Å². The molecule has 0 radical (unpaired) electrons. The van der Waals surface area contributed by atoms with Crippen LogP contribution >= 0.6 is 11.3 Å². The van der Waals surface area contributed by atoms with E-state index in [9.17, 15) is 4.79 Å². The van der Waals surface area contributed by atoms with Crippen molar-refractivity contribution < 1.29 is 4.79 Å². The second-order valence-corrected chi connectivity index (χ2v) is 5.88. The molecule has 0 aliphatic heterocycles. The molecular formula is C16H16N6OS. The van der Waals surface area contributed by atoms with Crippen molar-refractivity contribution in [1.82, 2.24) is 20.2 Å². The van der Waals surface area contributed by atoms with Crippen LogP contribution in [0.1, 0.15) is 11.3 Å². The van der Waals surface area contributed by atoms with Crippen LogP contribution in [0.5, 0.6) is 0 Å². The number of rotatable bonds is 7. The molecule has 0 aliphatic rings. The van der Waals surface area contributed by atoms with Crippen LogP contribution in [0.15, 0.2) is 48.9 Å². The molecule has 0 fully saturated rings. The van der Waals surface area contributed by atoms with E-state index < -0.39 is 0 Å². The van der Waals surface area contributed by atoms with E-state index in [1.165, 1.54) is 17.4 Å². The summed E-state index contributed by atoms with van der Waals surface area (Å²) in [6.07, 6.45) is 7.46. The van der Waals surface area contributed by atoms with Crippen molar-refractivity contribution in [2.45, 2.75) is 6.42 Å². The van der Waals surface area contributed by atoms with E-state index in [0.29, 0.717) is 16.8 Å². The first-order chi connectivity index (χ1) is 11.8. The zero-order valence-electron chi connectivity index (χ0n) is 12.8. The van der Waals surface area contributed by atoms with Gasteiger partial charge in [0.05, 0.1) is 6.33 Å². The number of hydrogen-bond donors (Lipinski definition) is 3. The first-order valence-corrected chi connectivity index (χ1v) is 8.20. The molecule has 122 valence electrons. The fourth-order valence-corrected chi connectivity index (χ4v) is 2.63. The van der Waals surface area contributed by atoms with Gasteiger partial charge < -0.3 is 10.3 Å². The summed E-state index contributed by atoms with van der Waals surface area (Å²) in [6, 6.07) is 9.62. The third-order valence-electron chi connectivity index (χ3n) is 3.11. The molecule has 1 amide bonds. The van der Waals surface area contributed by atoms with Crippen molar-refractivity contribution in [2.24, 2.45) is 0 Å². The Morgan fingerprint density at radius 1 is 1.21 bits per heavy atom. The molecule has 0 saturated heterocycles. The van der Waals surface area contributed by atoms with Crippen LogP contribution in [-0.2, 0) is 11.2 Å². The molecule has 3 aromatic rings. The Kier molecular flexibility index (Phi) is 5.31. The standard InChI is InChI=1S/C16H16N6OS/c23-14(7-6-12-4-2-1-3-5-12)20-16-22-21-15(24-16)18-9-8-13-10-17-11-19-13/h1-7,10-11H,8-9H2,(H,17,19)(H,18,21)(H,20,22,23). The molecule has 2 aromatic heterocycles. The van der Waals surface area contributed by atoms with Gasteiger partial charge in [-0.3, -0.25) is 10.1 Å². The fraction of sp³-hybridized carbons (Fsp3) is 0.125. The van der Waals surface area contributed by atoms with Crippen molar-refractivity contribution in [1.29, 1.82) is 0 Å². The van der Waals surface area contributed by atoms with Crippen LogP contribution in [0.25, 0.3) is 6.08 Å². The van der Waals surface area contributed by atoms with E-state index in [-0.39, 0.29) is 5.91 Å². The Bertz CT molecular complexity index is 797. The fourth-order valence-electron chi connectivity index (χ4n) is 1.95. The van der Waals surface area contributed by atoms with E-state index in [1.807, 2.05) is 30.3 Å². The number of imidazole rings is 1. The summed E-state index contributed by atoms with van der Waals surface area (Å²) in [4.78, 5) is 18.9. The minimum Gasteiger partial charge on any atom is -0.360 e. The smallest absolute Gasteiger partial charge is 0.250 e. The number of amides is 1. The summed E-state index contributed by atoms with van der Waals surface area (Å²) in [5.41, 5.74) is 2.01. The summed E-state index contributed by atoms with van der Waals surface area (Å²) >= 11 is 1.30. The number of benzene rings is 1. The van der Waals surface area contributed by atoms with Gasteiger partial charge in [0.1, 0.15) is 0 Å². The van der Waals surface area contributed by atoms with Gasteiger partial charge in [-0.05, 0) is 11.6 Å². The minimum absolute atomic E-state index is 0.237. The molecule has 0 atom stereocenters. The molecule has 24 heavy (non-hydrogen) atoms. The van der Waals surface area contributed by atoms with Crippen molar-refractivity contribution in [3.63, 3.8) is 0 Å². The van der Waals surface area contributed by atoms with Crippen molar-refractivity contribution in [3.8, 4) is 0 Å². The molecule has 8 heteroatoms. The van der Waals surface area contributed by atoms with Gasteiger partial charge in [0, 0.05) is 30.9 Å². The Morgan fingerprint density at radius 2 is 2.04 bits per heavy atom. The van der Waals surface area contributed by atoms with Crippen LogP contribution in [0.3, 0.4) is 0 Å². The Labute approximate surface area is 142 Å². The number of aromatic amines is 1. The maximum atomic E-state index is 11.9. The minimum atomic E-state index is -0.237. The molecule has 2 heterocycles. The number of carbonyl (C=O) groups excluding carboxylic acids is 1. The lowest BCUT2D eigenvalue weighted by atomic mass is 10.2. The van der Waals surface area contributed by atoms with Gasteiger partial charge >= 0.3 is 0 Å². The van der Waals surface area contributed by atoms with E-state index >= 15 is 0 Å². The van der Waals surface area contributed by atoms with E-state index in [1.54, 1.807) is 18.6 Å². The predicted molar refractivity (Wildman–Crippen MR) is 94.8 cm³/mol. The zero-order valence-corrected chi connectivity index (χ0v) is 13.6. The maximum absolute atomic E-state index is 11.9. The van der Waals surface area contributed by atoms with Gasteiger partial charge in [-0.25, -0.2) is 4.98 Å². The number of nitrogens with zero attached hydrogens (tertiary/aromatic N) is 3. The van der Waals surface area contributed by atoms with E-state index in [0.717, 1.165) is 17.7 Å². The van der Waals surface area contributed by atoms with Crippen LogP contribution in [-0.4, -0.2) is 32.6 Å². The molecule has 0 bridgehead atoms. The topological polar surface area (TPSA) is 95.6 Å². The molecule has 7 nitrogen and oxygen atoms in total. The predicted octanol–water partition coefficient (Wildman–Crippen LogP) is 2.57. The van der Waals surface area contributed by atoms with Crippen LogP contribution in [0.2, 0.25) is 0 Å². The van der Waals surface area contributed by atoms with Gasteiger partial charge in [-0.2, -0.15) is 0 Å². The zero-order chi connectivity index (χ0) is 16.6. The molecule has 0 aliphatic carbocycles. The van der Waals surface area contributed by atoms with Crippen molar-refractivity contribution >= 4 is 33.6 Å². The largest absolute Gasteiger partial charge is 0.360 e.